The molecule has 0 aromatic heterocycles. The number of non-ortho nitro benzene ring substituents is 1. The number of nitro groups is 1. The van der Waals surface area contributed by atoms with E-state index in [9.17, 15) is 23.6 Å². The lowest BCUT2D eigenvalue weighted by atomic mass is 10.2. The highest BCUT2D eigenvalue weighted by atomic mass is 79.9. The molecule has 0 aliphatic carbocycles. The van der Waals surface area contributed by atoms with Gasteiger partial charge < -0.3 is 5.11 Å². The first-order chi connectivity index (χ1) is 10.8. The molecule has 10 heteroatoms. The monoisotopic (exact) mass is 399 g/mol. The van der Waals surface area contributed by atoms with Crippen molar-refractivity contribution in [3.63, 3.8) is 0 Å². The van der Waals surface area contributed by atoms with E-state index >= 15 is 0 Å². The highest BCUT2D eigenvalue weighted by Gasteiger charge is 2.15. The smallest absolute Gasteiger partial charge is 0.276 e. The number of nitro benzene ring substituents is 1. The Bertz CT molecular complexity index is 869. The molecule has 0 spiro atoms. The molecule has 0 radical (unpaired) electrons. The average molecular weight is 400 g/mol. The van der Waals surface area contributed by atoms with Crippen LogP contribution in [0.4, 0.5) is 5.69 Å². The van der Waals surface area contributed by atoms with E-state index in [0.29, 0.717) is 0 Å². The quantitative estimate of drug-likeness (QED) is 0.453. The molecule has 0 atom stereocenters. The van der Waals surface area contributed by atoms with Crippen molar-refractivity contribution in [2.45, 2.75) is 4.90 Å². The van der Waals surface area contributed by atoms with Crippen molar-refractivity contribution in [2.24, 2.45) is 5.10 Å². The van der Waals surface area contributed by atoms with E-state index < -0.39 is 14.9 Å². The normalized spacial score (nSPS) is 11.5. The Morgan fingerprint density at radius 3 is 2.52 bits per heavy atom. The number of phenols is 1. The van der Waals surface area contributed by atoms with Crippen molar-refractivity contribution in [1.82, 2.24) is 4.83 Å². The van der Waals surface area contributed by atoms with E-state index in [1.54, 1.807) is 18.2 Å². The number of halogens is 1. The first-order valence-electron chi connectivity index (χ1n) is 6.08. The molecular formula is C13H10BrN3O5S. The third-order valence-corrected chi connectivity index (χ3v) is 4.56. The molecule has 8 nitrogen and oxygen atoms in total. The van der Waals surface area contributed by atoms with Gasteiger partial charge in [-0.3, -0.25) is 10.1 Å². The number of hydrogen-bond donors (Lipinski definition) is 2. The topological polar surface area (TPSA) is 122 Å². The summed E-state index contributed by atoms with van der Waals surface area (Å²) in [5, 5.41) is 24.1. The number of nitrogens with one attached hydrogen (secondary N) is 1. The molecule has 2 N–H and O–H groups in total. The molecule has 0 aliphatic heterocycles. The second-order valence-electron chi connectivity index (χ2n) is 4.29. The van der Waals surface area contributed by atoms with Gasteiger partial charge in [0.1, 0.15) is 5.75 Å². The highest BCUT2D eigenvalue weighted by Crippen LogP contribution is 2.31. The molecule has 0 saturated heterocycles. The zero-order valence-electron chi connectivity index (χ0n) is 11.4. The largest absolute Gasteiger partial charge is 0.506 e. The molecular weight excluding hydrogens is 390 g/mol. The summed E-state index contributed by atoms with van der Waals surface area (Å²) in [6.45, 7) is 0. The summed E-state index contributed by atoms with van der Waals surface area (Å²) in [5.74, 6) is -0.293. The molecule has 23 heavy (non-hydrogen) atoms. The van der Waals surface area contributed by atoms with Gasteiger partial charge in [0.15, 0.2) is 0 Å². The third-order valence-electron chi connectivity index (χ3n) is 2.72. The van der Waals surface area contributed by atoms with Crippen LogP contribution in [0, 0.1) is 10.1 Å². The van der Waals surface area contributed by atoms with Gasteiger partial charge in [0.05, 0.1) is 20.5 Å². The molecule has 0 fully saturated rings. The number of sulfonamides is 1. The fourth-order valence-electron chi connectivity index (χ4n) is 1.63. The molecule has 2 aromatic carbocycles. The summed E-state index contributed by atoms with van der Waals surface area (Å²) < 4.78 is 24.0. The number of benzene rings is 2. The number of hydrazone groups is 1. The van der Waals surface area contributed by atoms with Crippen LogP contribution in [0.25, 0.3) is 0 Å². The van der Waals surface area contributed by atoms with E-state index in [1.165, 1.54) is 12.1 Å². The minimum Gasteiger partial charge on any atom is -0.506 e. The summed E-state index contributed by atoms with van der Waals surface area (Å²) in [6, 6.07) is 9.75. The fraction of sp³-hybridized carbons (Fsp3) is 0. The van der Waals surface area contributed by atoms with Gasteiger partial charge in [-0.1, -0.05) is 18.2 Å². The van der Waals surface area contributed by atoms with Gasteiger partial charge in [-0.2, -0.15) is 13.5 Å². The highest BCUT2D eigenvalue weighted by molar-refractivity contribution is 9.10. The van der Waals surface area contributed by atoms with Crippen molar-refractivity contribution in [3.05, 3.63) is 62.6 Å². The minimum absolute atomic E-state index is 0.0122. The van der Waals surface area contributed by atoms with E-state index in [0.717, 1.165) is 18.3 Å². The SMILES string of the molecule is O=[N+]([O-])c1cc(Br)c(O)c(/C=N/NS(=O)(=O)c2ccccc2)c1. The Hall–Kier alpha value is -2.46. The number of aromatic hydroxyl groups is 1. The van der Waals surface area contributed by atoms with Crippen molar-refractivity contribution < 1.29 is 18.4 Å². The Morgan fingerprint density at radius 1 is 1.26 bits per heavy atom. The van der Waals surface area contributed by atoms with E-state index in [-0.39, 0.29) is 26.4 Å². The number of nitrogens with zero attached hydrogens (tertiary/aromatic N) is 2. The zero-order valence-corrected chi connectivity index (χ0v) is 13.8. The molecule has 120 valence electrons. The summed E-state index contributed by atoms with van der Waals surface area (Å²) in [5.41, 5.74) is -0.288. The molecule has 2 aromatic rings. The minimum atomic E-state index is -3.85. The van der Waals surface area contributed by atoms with Gasteiger partial charge in [0.25, 0.3) is 15.7 Å². The number of phenolic OH excluding ortho intramolecular Hbond substituents is 1. The van der Waals surface area contributed by atoms with Crippen LogP contribution in [-0.4, -0.2) is 24.7 Å². The van der Waals surface area contributed by atoms with Crippen LogP contribution >= 0.6 is 15.9 Å². The van der Waals surface area contributed by atoms with E-state index in [1.807, 2.05) is 4.83 Å². The van der Waals surface area contributed by atoms with Crippen LogP contribution in [0.15, 0.2) is 56.9 Å². The van der Waals surface area contributed by atoms with Gasteiger partial charge in [0.2, 0.25) is 0 Å². The summed E-state index contributed by atoms with van der Waals surface area (Å²) in [4.78, 5) is 12.1. The molecule has 0 amide bonds. The second kappa shape index (κ2) is 6.75. The molecule has 2 rings (SSSR count). The van der Waals surface area contributed by atoms with Gasteiger partial charge in [-0.25, -0.2) is 4.83 Å². The van der Waals surface area contributed by atoms with Crippen LogP contribution in [0.1, 0.15) is 5.56 Å². The lowest BCUT2D eigenvalue weighted by molar-refractivity contribution is -0.385. The van der Waals surface area contributed by atoms with Crippen LogP contribution in [0.3, 0.4) is 0 Å². The molecule has 0 unspecified atom stereocenters. The molecule has 0 heterocycles. The van der Waals surface area contributed by atoms with Gasteiger partial charge >= 0.3 is 0 Å². The first kappa shape index (κ1) is 16.9. The maximum Gasteiger partial charge on any atom is 0.276 e. The van der Waals surface area contributed by atoms with Gasteiger partial charge in [0, 0.05) is 17.7 Å². The molecule has 0 saturated carbocycles. The van der Waals surface area contributed by atoms with Crippen molar-refractivity contribution in [2.75, 3.05) is 0 Å². The summed E-state index contributed by atoms with van der Waals surface area (Å²) in [6.07, 6.45) is 0.980. The van der Waals surface area contributed by atoms with Crippen LogP contribution in [0.2, 0.25) is 0 Å². The zero-order chi connectivity index (χ0) is 17.0. The van der Waals surface area contributed by atoms with Crippen molar-refractivity contribution in [1.29, 1.82) is 0 Å². The third kappa shape index (κ3) is 4.05. The maximum absolute atomic E-state index is 11.9. The average Bonchev–Trinajstić information content (AvgIpc) is 2.51. The van der Waals surface area contributed by atoms with E-state index in [2.05, 4.69) is 21.0 Å². The maximum atomic E-state index is 11.9. The Morgan fingerprint density at radius 2 is 1.91 bits per heavy atom. The predicted molar refractivity (Wildman–Crippen MR) is 86.8 cm³/mol. The lowest BCUT2D eigenvalue weighted by Gasteiger charge is -2.04. The lowest BCUT2D eigenvalue weighted by Crippen LogP contribution is -2.18. The van der Waals surface area contributed by atoms with Crippen LogP contribution in [-0.2, 0) is 10.0 Å². The predicted octanol–water partition coefficient (Wildman–Crippen LogP) is 2.38. The Balaban J connectivity index is 2.26. The Labute approximate surface area is 139 Å². The van der Waals surface area contributed by atoms with Gasteiger partial charge in [-0.15, -0.1) is 0 Å². The number of rotatable bonds is 5. The van der Waals surface area contributed by atoms with Gasteiger partial charge in [-0.05, 0) is 28.1 Å². The number of hydrogen-bond acceptors (Lipinski definition) is 6. The van der Waals surface area contributed by atoms with Crippen LogP contribution < -0.4 is 4.83 Å². The summed E-state index contributed by atoms with van der Waals surface area (Å²) in [7, 11) is -3.85. The van der Waals surface area contributed by atoms with Crippen molar-refractivity contribution >= 4 is 37.9 Å². The Kier molecular flexibility index (Phi) is 4.96. The van der Waals surface area contributed by atoms with Crippen LogP contribution in [0.5, 0.6) is 5.75 Å². The fourth-order valence-corrected chi connectivity index (χ4v) is 2.90. The molecule has 0 bridgehead atoms. The first-order valence-corrected chi connectivity index (χ1v) is 8.35. The summed E-state index contributed by atoms with van der Waals surface area (Å²) >= 11 is 2.98. The second-order valence-corrected chi connectivity index (χ2v) is 6.80. The standard InChI is InChI=1S/C13H10BrN3O5S/c14-12-7-10(17(19)20)6-9(13(12)18)8-15-16-23(21,22)11-4-2-1-3-5-11/h1-8,16,18H/b15-8+. The van der Waals surface area contributed by atoms with E-state index in [4.69, 9.17) is 0 Å². The molecule has 0 aliphatic rings. The van der Waals surface area contributed by atoms with Crippen molar-refractivity contribution in [3.8, 4) is 5.75 Å².